The Morgan fingerprint density at radius 1 is 1.00 bits per heavy atom. The number of piperidine rings is 1. The summed E-state index contributed by atoms with van der Waals surface area (Å²) in [7, 11) is 1.16. The summed E-state index contributed by atoms with van der Waals surface area (Å²) in [6.07, 6.45) is -13.3. The summed E-state index contributed by atoms with van der Waals surface area (Å²) in [5, 5.41) is 15.9. The van der Waals surface area contributed by atoms with Crippen molar-refractivity contribution in [3.8, 4) is 11.4 Å². The quantitative estimate of drug-likeness (QED) is 0.348. The van der Waals surface area contributed by atoms with Gasteiger partial charge in [0.1, 0.15) is 12.2 Å². The van der Waals surface area contributed by atoms with E-state index in [1.807, 2.05) is 0 Å². The molecule has 0 saturated carbocycles. The third kappa shape index (κ3) is 6.07. The second kappa shape index (κ2) is 11.7. The molecule has 236 valence electrons. The number of carbonyl (C=O) groups excluding carboxylic acids is 1. The molecule has 2 aliphatic heterocycles. The third-order valence-corrected chi connectivity index (χ3v) is 7.69. The number of carboxylic acids is 1. The van der Waals surface area contributed by atoms with E-state index in [4.69, 9.17) is 14.6 Å². The first-order chi connectivity index (χ1) is 20.7. The van der Waals surface area contributed by atoms with Crippen LogP contribution in [-0.4, -0.2) is 56.8 Å². The number of benzene rings is 2. The molecule has 5 rings (SSSR count). The number of halogens is 7. The fourth-order valence-corrected chi connectivity index (χ4v) is 5.56. The summed E-state index contributed by atoms with van der Waals surface area (Å²) in [5.41, 5.74) is -2.48. The highest BCUT2D eigenvalue weighted by atomic mass is 19.4. The van der Waals surface area contributed by atoms with Crippen LogP contribution in [0.3, 0.4) is 0 Å². The average molecular weight is 631 g/mol. The number of amides is 1. The number of aliphatic carboxylic acids is 1. The number of alkyl halides is 6. The van der Waals surface area contributed by atoms with Crippen molar-refractivity contribution < 1.29 is 54.9 Å². The Labute approximate surface area is 245 Å². The zero-order valence-electron chi connectivity index (χ0n) is 23.0. The lowest BCUT2D eigenvalue weighted by atomic mass is 9.93. The Morgan fingerprint density at radius 2 is 1.70 bits per heavy atom. The van der Waals surface area contributed by atoms with Crippen molar-refractivity contribution in [2.24, 2.45) is 5.92 Å². The molecular weight excluding hydrogens is 605 g/mol. The van der Waals surface area contributed by atoms with Crippen molar-refractivity contribution in [3.63, 3.8) is 0 Å². The Balaban J connectivity index is 1.62. The van der Waals surface area contributed by atoms with Gasteiger partial charge < -0.3 is 19.5 Å². The van der Waals surface area contributed by atoms with Crippen molar-refractivity contribution in [1.82, 2.24) is 19.7 Å². The molecule has 44 heavy (non-hydrogen) atoms. The van der Waals surface area contributed by atoms with Crippen molar-refractivity contribution in [2.45, 2.75) is 50.2 Å². The van der Waals surface area contributed by atoms with E-state index in [0.29, 0.717) is 29.5 Å². The minimum atomic E-state index is -5.12. The monoisotopic (exact) mass is 630 g/mol. The Kier molecular flexibility index (Phi) is 8.31. The van der Waals surface area contributed by atoms with Gasteiger partial charge in [0.25, 0.3) is 0 Å². The number of hydrogen-bond donors (Lipinski definition) is 1. The van der Waals surface area contributed by atoms with Gasteiger partial charge in [-0.2, -0.15) is 26.3 Å². The predicted molar refractivity (Wildman–Crippen MR) is 136 cm³/mol. The standard InChI is InChI=1S/C28H25F7N4O5/c1-43-19-4-2-3-16(23(19)29)24-17-12-15(27(30,31)32)5-6-18(17)39-25(36-37-26(39)28(33,34)35)20(44-24)13-21(40)38-9-7-14(8-10-38)11-22(41)42/h2-6,12,14,20,24H,7-11,13H2,1H3,(H,41,42)/t20-,24-/m1/s1. The summed E-state index contributed by atoms with van der Waals surface area (Å²) in [6, 6.07) is 5.71. The van der Waals surface area contributed by atoms with Crippen molar-refractivity contribution in [1.29, 1.82) is 0 Å². The maximum absolute atomic E-state index is 15.6. The summed E-state index contributed by atoms with van der Waals surface area (Å²) >= 11 is 0. The lowest BCUT2D eigenvalue weighted by molar-refractivity contribution is -0.146. The maximum atomic E-state index is 15.6. The number of aromatic nitrogens is 3. The molecule has 0 spiro atoms. The molecule has 0 radical (unpaired) electrons. The van der Waals surface area contributed by atoms with Crippen molar-refractivity contribution in [3.05, 3.63) is 70.6 Å². The molecule has 3 aromatic rings. The fraction of sp³-hybridized carbons (Fsp3) is 0.429. The highest BCUT2D eigenvalue weighted by Crippen LogP contribution is 2.46. The molecule has 1 fully saturated rings. The Morgan fingerprint density at radius 3 is 2.32 bits per heavy atom. The first-order valence-corrected chi connectivity index (χ1v) is 13.4. The second-order valence-corrected chi connectivity index (χ2v) is 10.5. The van der Waals surface area contributed by atoms with Crippen LogP contribution in [0, 0.1) is 11.7 Å². The number of ether oxygens (including phenoxy) is 2. The van der Waals surface area contributed by atoms with Gasteiger partial charge in [-0.25, -0.2) is 4.39 Å². The van der Waals surface area contributed by atoms with Gasteiger partial charge >= 0.3 is 18.3 Å². The average Bonchev–Trinajstić information content (AvgIpc) is 3.36. The normalized spacial score (nSPS) is 19.2. The molecule has 2 aliphatic rings. The molecule has 16 heteroatoms. The van der Waals surface area contributed by atoms with Crippen LogP contribution >= 0.6 is 0 Å². The van der Waals surface area contributed by atoms with Crippen LogP contribution in [0.5, 0.6) is 5.75 Å². The van der Waals surface area contributed by atoms with Gasteiger partial charge in [0, 0.05) is 30.6 Å². The molecule has 1 amide bonds. The molecule has 1 saturated heterocycles. The molecule has 1 aromatic heterocycles. The van der Waals surface area contributed by atoms with E-state index in [2.05, 4.69) is 10.2 Å². The largest absolute Gasteiger partial charge is 0.494 e. The summed E-state index contributed by atoms with van der Waals surface area (Å²) in [4.78, 5) is 25.9. The summed E-state index contributed by atoms with van der Waals surface area (Å²) < 4.78 is 111. The van der Waals surface area contributed by atoms with E-state index in [0.717, 1.165) is 13.2 Å². The molecule has 2 aromatic carbocycles. The topological polar surface area (TPSA) is 107 Å². The molecule has 1 N–H and O–H groups in total. The van der Waals surface area contributed by atoms with E-state index in [-0.39, 0.29) is 36.7 Å². The number of rotatable bonds is 6. The number of likely N-dealkylation sites (tertiary alicyclic amines) is 1. The van der Waals surface area contributed by atoms with Crippen molar-refractivity contribution in [2.75, 3.05) is 20.2 Å². The van der Waals surface area contributed by atoms with Crippen LogP contribution in [0.1, 0.15) is 66.2 Å². The number of hydrogen-bond acceptors (Lipinski definition) is 6. The first-order valence-electron chi connectivity index (χ1n) is 13.4. The number of carbonyl (C=O) groups is 2. The molecule has 0 bridgehead atoms. The molecule has 9 nitrogen and oxygen atoms in total. The summed E-state index contributed by atoms with van der Waals surface area (Å²) in [5.74, 6) is -5.14. The van der Waals surface area contributed by atoms with Gasteiger partial charge in [-0.1, -0.05) is 12.1 Å². The summed E-state index contributed by atoms with van der Waals surface area (Å²) in [6.45, 7) is 0.347. The molecule has 0 aliphatic carbocycles. The lowest BCUT2D eigenvalue weighted by Gasteiger charge is -2.32. The molecular formula is C28H25F7N4O5. The van der Waals surface area contributed by atoms with Crippen molar-refractivity contribution >= 4 is 11.9 Å². The van der Waals surface area contributed by atoms with E-state index < -0.39 is 77.1 Å². The lowest BCUT2D eigenvalue weighted by Crippen LogP contribution is -2.39. The smallest absolute Gasteiger partial charge is 0.452 e. The maximum Gasteiger partial charge on any atom is 0.452 e. The van der Waals surface area contributed by atoms with Gasteiger partial charge in [0.15, 0.2) is 17.4 Å². The zero-order valence-corrected chi connectivity index (χ0v) is 23.0. The highest BCUT2D eigenvalue weighted by molar-refractivity contribution is 5.77. The number of fused-ring (bicyclic) bond motifs is 3. The van der Waals surface area contributed by atoms with Crippen LogP contribution in [-0.2, 0) is 26.7 Å². The Hall–Kier alpha value is -4.21. The number of nitrogens with zero attached hydrogens (tertiary/aromatic N) is 4. The molecule has 0 unspecified atom stereocenters. The highest BCUT2D eigenvalue weighted by Gasteiger charge is 2.45. The van der Waals surface area contributed by atoms with E-state index >= 15 is 4.39 Å². The van der Waals surface area contributed by atoms with Crippen LogP contribution in [0.2, 0.25) is 0 Å². The molecule has 2 atom stereocenters. The number of carboxylic acid groups (broad SMARTS) is 1. The SMILES string of the molecule is COc1cccc([C@H]2O[C@H](CC(=O)N3CCC(CC(=O)O)CC3)c3nnc(C(F)(F)F)n3-c3ccc(C(F)(F)F)cc32)c1F. The van der Waals surface area contributed by atoms with E-state index in [1.54, 1.807) is 0 Å². The van der Waals surface area contributed by atoms with Crippen LogP contribution in [0.4, 0.5) is 30.7 Å². The van der Waals surface area contributed by atoms with Gasteiger partial charge in [-0.3, -0.25) is 14.2 Å². The minimum absolute atomic E-state index is 0.0803. The predicted octanol–water partition coefficient (Wildman–Crippen LogP) is 5.72. The van der Waals surface area contributed by atoms with Crippen LogP contribution in [0.25, 0.3) is 5.69 Å². The van der Waals surface area contributed by atoms with Crippen LogP contribution in [0.15, 0.2) is 36.4 Å². The second-order valence-electron chi connectivity index (χ2n) is 10.5. The van der Waals surface area contributed by atoms with Gasteiger partial charge in [0.05, 0.1) is 24.8 Å². The zero-order chi connectivity index (χ0) is 32.0. The Bertz CT molecular complexity index is 1560. The molecule has 3 heterocycles. The van der Waals surface area contributed by atoms with Gasteiger partial charge in [-0.15, -0.1) is 10.2 Å². The number of methoxy groups -OCH3 is 1. The van der Waals surface area contributed by atoms with Gasteiger partial charge in [-0.05, 0) is 43.0 Å². The van der Waals surface area contributed by atoms with Crippen LogP contribution < -0.4 is 4.74 Å². The minimum Gasteiger partial charge on any atom is -0.494 e. The third-order valence-electron chi connectivity index (χ3n) is 7.69. The van der Waals surface area contributed by atoms with E-state index in [9.17, 15) is 35.9 Å². The van der Waals surface area contributed by atoms with E-state index in [1.165, 1.54) is 23.1 Å². The van der Waals surface area contributed by atoms with Gasteiger partial charge in [0.2, 0.25) is 11.7 Å². The first kappa shape index (κ1) is 31.2. The fourth-order valence-electron chi connectivity index (χ4n) is 5.56.